The molecule has 0 aromatic heterocycles. The predicted octanol–water partition coefficient (Wildman–Crippen LogP) is 2.33. The second kappa shape index (κ2) is 4.85. The second-order valence-electron chi connectivity index (χ2n) is 2.90. The first-order valence-corrected chi connectivity index (χ1v) is 4.13. The van der Waals surface area contributed by atoms with Crippen LogP contribution in [-0.4, -0.2) is 23.6 Å². The largest absolute Gasteiger partial charge is 0.411 e. The lowest BCUT2D eigenvalue weighted by molar-refractivity contribution is -0.149. The van der Waals surface area contributed by atoms with Crippen LogP contribution < -0.4 is 0 Å². The van der Waals surface area contributed by atoms with Gasteiger partial charge in [-0.15, -0.1) is 0 Å². The van der Waals surface area contributed by atoms with E-state index in [4.69, 9.17) is 5.21 Å². The van der Waals surface area contributed by atoms with Crippen LogP contribution in [0.1, 0.15) is 13.3 Å². The Bertz CT molecular complexity index is 285. The van der Waals surface area contributed by atoms with Gasteiger partial charge in [0.2, 0.25) is 0 Å². The summed E-state index contributed by atoms with van der Waals surface area (Å²) >= 11 is 0. The van der Waals surface area contributed by atoms with E-state index in [1.807, 2.05) is 0 Å². The van der Waals surface area contributed by atoms with Crippen LogP contribution in [0, 0.1) is 0 Å². The first-order valence-electron chi connectivity index (χ1n) is 4.13. The van der Waals surface area contributed by atoms with E-state index < -0.39 is 12.7 Å². The van der Waals surface area contributed by atoms with E-state index in [9.17, 15) is 8.78 Å². The molecule has 14 heavy (non-hydrogen) atoms. The molecular formula is C9H11F2NO2. The number of oxime groups is 1. The minimum atomic E-state index is -2.78. The summed E-state index contributed by atoms with van der Waals surface area (Å²) in [6.45, 7) is -1.18. The third kappa shape index (κ3) is 2.92. The third-order valence-electron chi connectivity index (χ3n) is 1.94. The van der Waals surface area contributed by atoms with Gasteiger partial charge in [0.15, 0.2) is 0 Å². The van der Waals surface area contributed by atoms with E-state index in [1.54, 1.807) is 25.2 Å². The molecule has 1 atom stereocenters. The molecule has 0 saturated heterocycles. The maximum absolute atomic E-state index is 11.9. The summed E-state index contributed by atoms with van der Waals surface area (Å²) in [6, 6.07) is 0. The molecule has 1 unspecified atom stereocenters. The van der Waals surface area contributed by atoms with Crippen molar-refractivity contribution in [3.8, 4) is 0 Å². The van der Waals surface area contributed by atoms with Gasteiger partial charge in [-0.3, -0.25) is 0 Å². The molecule has 0 spiro atoms. The first kappa shape index (κ1) is 10.8. The van der Waals surface area contributed by atoms with Crippen molar-refractivity contribution in [3.05, 3.63) is 23.8 Å². The smallest absolute Gasteiger partial charge is 0.345 e. The Morgan fingerprint density at radius 1 is 1.71 bits per heavy atom. The molecule has 3 nitrogen and oxygen atoms in total. The summed E-state index contributed by atoms with van der Waals surface area (Å²) in [5, 5.41) is 11.5. The number of allylic oxidation sites excluding steroid dienone is 2. The minimum absolute atomic E-state index is 0.302. The van der Waals surface area contributed by atoms with Crippen LogP contribution in [0.25, 0.3) is 0 Å². The lowest BCUT2D eigenvalue weighted by Crippen LogP contribution is -2.18. The van der Waals surface area contributed by atoms with Crippen molar-refractivity contribution >= 4 is 5.71 Å². The maximum atomic E-state index is 11.9. The van der Waals surface area contributed by atoms with Crippen LogP contribution in [0.3, 0.4) is 0 Å². The molecule has 1 rings (SSSR count). The summed E-state index contributed by atoms with van der Waals surface area (Å²) < 4.78 is 28.1. The number of ether oxygens (including phenoxy) is 1. The molecular weight excluding hydrogens is 192 g/mol. The molecule has 0 bridgehead atoms. The van der Waals surface area contributed by atoms with Crippen LogP contribution >= 0.6 is 0 Å². The Labute approximate surface area is 80.4 Å². The van der Waals surface area contributed by atoms with E-state index in [2.05, 4.69) is 9.89 Å². The van der Waals surface area contributed by atoms with Crippen molar-refractivity contribution in [3.63, 3.8) is 0 Å². The summed E-state index contributed by atoms with van der Waals surface area (Å²) in [5.74, 6) is 0. The SMILES string of the molecule is C/C(=N\O)C1=CC=CC(OC(F)F)C1. The molecule has 5 heteroatoms. The van der Waals surface area contributed by atoms with E-state index in [0.29, 0.717) is 17.7 Å². The van der Waals surface area contributed by atoms with Crippen LogP contribution in [-0.2, 0) is 4.74 Å². The molecule has 0 heterocycles. The molecule has 0 aliphatic heterocycles. The van der Waals surface area contributed by atoms with Gasteiger partial charge in [0.05, 0.1) is 11.8 Å². The number of halogens is 2. The van der Waals surface area contributed by atoms with Gasteiger partial charge in [0, 0.05) is 6.42 Å². The molecule has 1 N–H and O–H groups in total. The monoisotopic (exact) mass is 203 g/mol. The number of hydrogen-bond donors (Lipinski definition) is 1. The zero-order chi connectivity index (χ0) is 10.6. The van der Waals surface area contributed by atoms with E-state index in [1.165, 1.54) is 0 Å². The fraction of sp³-hybridized carbons (Fsp3) is 0.444. The highest BCUT2D eigenvalue weighted by molar-refractivity contribution is 5.98. The normalized spacial score (nSPS) is 22.7. The van der Waals surface area contributed by atoms with Gasteiger partial charge >= 0.3 is 6.61 Å². The molecule has 0 aromatic carbocycles. The van der Waals surface area contributed by atoms with Gasteiger partial charge in [0.1, 0.15) is 0 Å². The van der Waals surface area contributed by atoms with E-state index in [0.717, 1.165) is 0 Å². The van der Waals surface area contributed by atoms with E-state index in [-0.39, 0.29) is 0 Å². The molecule has 0 fully saturated rings. The Morgan fingerprint density at radius 3 is 3.00 bits per heavy atom. The molecule has 0 radical (unpaired) electrons. The van der Waals surface area contributed by atoms with Crippen molar-refractivity contribution in [2.45, 2.75) is 26.1 Å². The molecule has 1 aliphatic carbocycles. The molecule has 0 aromatic rings. The van der Waals surface area contributed by atoms with Crippen molar-refractivity contribution in [1.29, 1.82) is 0 Å². The van der Waals surface area contributed by atoms with Gasteiger partial charge in [0.25, 0.3) is 0 Å². The average Bonchev–Trinajstić information content (AvgIpc) is 2.16. The topological polar surface area (TPSA) is 41.8 Å². The van der Waals surface area contributed by atoms with Crippen LogP contribution in [0.4, 0.5) is 8.78 Å². The lowest BCUT2D eigenvalue weighted by Gasteiger charge is -2.17. The zero-order valence-electron chi connectivity index (χ0n) is 7.65. The van der Waals surface area contributed by atoms with Gasteiger partial charge < -0.3 is 9.94 Å². The highest BCUT2D eigenvalue weighted by Gasteiger charge is 2.17. The number of hydrogen-bond acceptors (Lipinski definition) is 3. The summed E-state index contributed by atoms with van der Waals surface area (Å²) in [7, 11) is 0. The summed E-state index contributed by atoms with van der Waals surface area (Å²) in [5.41, 5.74) is 1.11. The zero-order valence-corrected chi connectivity index (χ0v) is 7.65. The lowest BCUT2D eigenvalue weighted by atomic mass is 9.99. The highest BCUT2D eigenvalue weighted by Crippen LogP contribution is 2.18. The fourth-order valence-corrected chi connectivity index (χ4v) is 1.21. The van der Waals surface area contributed by atoms with Crippen molar-refractivity contribution in [1.82, 2.24) is 0 Å². The van der Waals surface area contributed by atoms with Crippen molar-refractivity contribution < 1.29 is 18.7 Å². The first-order chi connectivity index (χ1) is 6.63. The average molecular weight is 203 g/mol. The third-order valence-corrected chi connectivity index (χ3v) is 1.94. The van der Waals surface area contributed by atoms with Crippen LogP contribution in [0.5, 0.6) is 0 Å². The summed E-state index contributed by atoms with van der Waals surface area (Å²) in [6.07, 6.45) is 4.52. The molecule has 78 valence electrons. The standard InChI is InChI=1S/C9H11F2NO2/c1-6(12-13)7-3-2-4-8(5-7)14-9(10)11/h2-4,8-9,13H,5H2,1H3/b12-6+. The number of alkyl halides is 2. The van der Waals surface area contributed by atoms with Crippen molar-refractivity contribution in [2.75, 3.05) is 0 Å². The molecule has 0 saturated carbocycles. The van der Waals surface area contributed by atoms with Crippen LogP contribution in [0.15, 0.2) is 29.0 Å². The maximum Gasteiger partial charge on any atom is 0.345 e. The predicted molar refractivity (Wildman–Crippen MR) is 47.6 cm³/mol. The van der Waals surface area contributed by atoms with E-state index >= 15 is 0 Å². The van der Waals surface area contributed by atoms with Gasteiger partial charge in [-0.2, -0.15) is 8.78 Å². The number of nitrogens with zero attached hydrogens (tertiary/aromatic N) is 1. The van der Waals surface area contributed by atoms with Crippen LogP contribution in [0.2, 0.25) is 0 Å². The minimum Gasteiger partial charge on any atom is -0.411 e. The summed E-state index contributed by atoms with van der Waals surface area (Å²) in [4.78, 5) is 0. The highest BCUT2D eigenvalue weighted by atomic mass is 19.3. The fourth-order valence-electron chi connectivity index (χ4n) is 1.21. The second-order valence-corrected chi connectivity index (χ2v) is 2.90. The Balaban J connectivity index is 2.60. The quantitative estimate of drug-likeness (QED) is 0.434. The Morgan fingerprint density at radius 2 is 2.43 bits per heavy atom. The molecule has 0 amide bonds. The Hall–Kier alpha value is -1.23. The number of rotatable bonds is 3. The Kier molecular flexibility index (Phi) is 3.76. The molecule has 1 aliphatic rings. The van der Waals surface area contributed by atoms with Crippen molar-refractivity contribution in [2.24, 2.45) is 5.16 Å². The van der Waals surface area contributed by atoms with Gasteiger partial charge in [-0.1, -0.05) is 23.4 Å². The van der Waals surface area contributed by atoms with Gasteiger partial charge in [-0.05, 0) is 12.5 Å². The van der Waals surface area contributed by atoms with Gasteiger partial charge in [-0.25, -0.2) is 0 Å².